The van der Waals surface area contributed by atoms with Crippen LogP contribution in [0.15, 0.2) is 218 Å². The van der Waals surface area contributed by atoms with E-state index in [0.717, 1.165) is 72.3 Å². The van der Waals surface area contributed by atoms with Gasteiger partial charge in [0.15, 0.2) is 5.82 Å². The van der Waals surface area contributed by atoms with Crippen molar-refractivity contribution in [3.63, 3.8) is 0 Å². The molecular weight excluding hydrogens is 717 g/mol. The highest BCUT2D eigenvalue weighted by molar-refractivity contribution is 6.22. The molecule has 0 fully saturated rings. The smallest absolute Gasteiger partial charge is 0.160 e. The number of pyridine rings is 1. The fourth-order valence-corrected chi connectivity index (χ4v) is 8.32. The third-order valence-electron chi connectivity index (χ3n) is 11.2. The average molecular weight is 753 g/mol. The van der Waals surface area contributed by atoms with E-state index in [1.165, 1.54) is 27.6 Å². The van der Waals surface area contributed by atoms with E-state index in [1.807, 2.05) is 12.1 Å². The molecule has 0 saturated carbocycles. The van der Waals surface area contributed by atoms with Crippen LogP contribution in [0.25, 0.3) is 106 Å². The van der Waals surface area contributed by atoms with Crippen molar-refractivity contribution >= 4 is 32.7 Å². The first-order chi connectivity index (χ1) is 29.2. The number of para-hydroxylation sites is 2. The molecule has 59 heavy (non-hydrogen) atoms. The van der Waals surface area contributed by atoms with Crippen LogP contribution in [0.5, 0.6) is 0 Å². The lowest BCUT2D eigenvalue weighted by atomic mass is 10.0. The average Bonchev–Trinajstić information content (AvgIpc) is 3.68. The minimum atomic E-state index is 0.673. The zero-order chi connectivity index (χ0) is 39.1. The summed E-state index contributed by atoms with van der Waals surface area (Å²) >= 11 is 0. The second kappa shape index (κ2) is 14.5. The molecule has 0 N–H and O–H groups in total. The van der Waals surface area contributed by atoms with Crippen LogP contribution in [-0.2, 0) is 0 Å². The Labute approximate surface area is 342 Å². The normalized spacial score (nSPS) is 11.4. The molecular formula is C55H36N4. The number of benzene rings is 8. The van der Waals surface area contributed by atoms with Gasteiger partial charge in [0.25, 0.3) is 0 Å². The summed E-state index contributed by atoms with van der Waals surface area (Å²) in [5.74, 6) is 0.673. The standard InChI is InChI=1S/C55H36N4/c1-4-14-37(15-5-1)39-24-28-41(29-25-39)49-36-50(42-30-26-40(27-31-42)38-16-6-2-7-17-38)58-55(57-49)44-32-34-45(35-33-44)59-51-23-13-11-21-47(51)52-53(43-18-8-3-9-19-43)56-48-22-12-10-20-46(48)54(52)59/h1-36H. The molecule has 0 spiro atoms. The lowest BCUT2D eigenvalue weighted by Crippen LogP contribution is -1.98. The molecule has 0 bridgehead atoms. The highest BCUT2D eigenvalue weighted by atomic mass is 15.0. The van der Waals surface area contributed by atoms with Crippen LogP contribution in [0.3, 0.4) is 0 Å². The van der Waals surface area contributed by atoms with E-state index < -0.39 is 0 Å². The molecule has 0 saturated heterocycles. The molecule has 11 rings (SSSR count). The number of hydrogen-bond donors (Lipinski definition) is 0. The second-order valence-corrected chi connectivity index (χ2v) is 14.8. The summed E-state index contributed by atoms with van der Waals surface area (Å²) in [6.45, 7) is 0. The lowest BCUT2D eigenvalue weighted by Gasteiger charge is -2.13. The van der Waals surface area contributed by atoms with Crippen LogP contribution < -0.4 is 0 Å². The van der Waals surface area contributed by atoms with Crippen LogP contribution in [0.1, 0.15) is 0 Å². The Morgan fingerprint density at radius 1 is 0.322 bits per heavy atom. The molecule has 11 aromatic rings. The summed E-state index contributed by atoms with van der Waals surface area (Å²) in [7, 11) is 0. The fourth-order valence-electron chi connectivity index (χ4n) is 8.32. The quantitative estimate of drug-likeness (QED) is 0.163. The number of nitrogens with zero attached hydrogens (tertiary/aromatic N) is 4. The Hall–Kier alpha value is -7.95. The molecule has 3 aromatic heterocycles. The van der Waals surface area contributed by atoms with Gasteiger partial charge in [0.05, 0.1) is 33.6 Å². The van der Waals surface area contributed by atoms with Crippen LogP contribution in [-0.4, -0.2) is 19.5 Å². The third-order valence-corrected chi connectivity index (χ3v) is 11.2. The van der Waals surface area contributed by atoms with Crippen LogP contribution in [0.4, 0.5) is 0 Å². The third kappa shape index (κ3) is 6.24. The van der Waals surface area contributed by atoms with Crippen molar-refractivity contribution in [2.24, 2.45) is 0 Å². The minimum Gasteiger partial charge on any atom is -0.308 e. The lowest BCUT2D eigenvalue weighted by molar-refractivity contribution is 1.17. The first-order valence-electron chi connectivity index (χ1n) is 19.9. The number of hydrogen-bond acceptors (Lipinski definition) is 3. The molecule has 4 heteroatoms. The maximum Gasteiger partial charge on any atom is 0.160 e. The van der Waals surface area contributed by atoms with Crippen molar-refractivity contribution in [2.45, 2.75) is 0 Å². The summed E-state index contributed by atoms with van der Waals surface area (Å²) in [6.07, 6.45) is 0. The maximum absolute atomic E-state index is 5.26. The van der Waals surface area contributed by atoms with E-state index in [0.29, 0.717) is 5.82 Å². The highest BCUT2D eigenvalue weighted by Crippen LogP contribution is 2.41. The van der Waals surface area contributed by atoms with Crippen molar-refractivity contribution in [3.8, 4) is 73.1 Å². The van der Waals surface area contributed by atoms with E-state index in [1.54, 1.807) is 0 Å². The summed E-state index contributed by atoms with van der Waals surface area (Å²) in [5, 5.41) is 3.42. The molecule has 0 atom stereocenters. The number of fused-ring (bicyclic) bond motifs is 5. The van der Waals surface area contributed by atoms with Crippen LogP contribution in [0.2, 0.25) is 0 Å². The second-order valence-electron chi connectivity index (χ2n) is 14.8. The largest absolute Gasteiger partial charge is 0.308 e. The van der Waals surface area contributed by atoms with Gasteiger partial charge in [-0.25, -0.2) is 15.0 Å². The zero-order valence-electron chi connectivity index (χ0n) is 32.1. The molecule has 0 unspecified atom stereocenters. The zero-order valence-corrected chi connectivity index (χ0v) is 32.1. The van der Waals surface area contributed by atoms with Gasteiger partial charge in [-0.3, -0.25) is 0 Å². The van der Waals surface area contributed by atoms with Gasteiger partial charge in [-0.2, -0.15) is 0 Å². The first-order valence-corrected chi connectivity index (χ1v) is 19.9. The van der Waals surface area contributed by atoms with Gasteiger partial charge in [0.1, 0.15) is 0 Å². The molecule has 276 valence electrons. The van der Waals surface area contributed by atoms with E-state index in [-0.39, 0.29) is 0 Å². The topological polar surface area (TPSA) is 43.6 Å². The monoisotopic (exact) mass is 752 g/mol. The van der Waals surface area contributed by atoms with Gasteiger partial charge >= 0.3 is 0 Å². The van der Waals surface area contributed by atoms with E-state index in [9.17, 15) is 0 Å². The van der Waals surface area contributed by atoms with Crippen molar-refractivity contribution in [3.05, 3.63) is 218 Å². The van der Waals surface area contributed by atoms with Gasteiger partial charge < -0.3 is 4.57 Å². The molecule has 0 aliphatic rings. The molecule has 0 aliphatic carbocycles. The van der Waals surface area contributed by atoms with Crippen LogP contribution >= 0.6 is 0 Å². The minimum absolute atomic E-state index is 0.673. The number of aromatic nitrogens is 4. The molecule has 0 aliphatic heterocycles. The van der Waals surface area contributed by atoms with Crippen molar-refractivity contribution in [2.75, 3.05) is 0 Å². The Balaban J connectivity index is 1.05. The van der Waals surface area contributed by atoms with Gasteiger partial charge in [-0.1, -0.05) is 176 Å². The van der Waals surface area contributed by atoms with E-state index in [4.69, 9.17) is 15.0 Å². The van der Waals surface area contributed by atoms with Gasteiger partial charge in [-0.05, 0) is 64.7 Å². The Morgan fingerprint density at radius 3 is 1.34 bits per heavy atom. The Bertz CT molecular complexity index is 3160. The predicted octanol–water partition coefficient (Wildman–Crippen LogP) is 14.1. The maximum atomic E-state index is 5.26. The van der Waals surface area contributed by atoms with Gasteiger partial charge in [0.2, 0.25) is 0 Å². The highest BCUT2D eigenvalue weighted by Gasteiger charge is 2.21. The molecule has 4 nitrogen and oxygen atoms in total. The van der Waals surface area contributed by atoms with E-state index >= 15 is 0 Å². The summed E-state index contributed by atoms with van der Waals surface area (Å²) in [6, 6.07) is 76.7. The van der Waals surface area contributed by atoms with Crippen molar-refractivity contribution in [1.82, 2.24) is 19.5 Å². The Kier molecular flexibility index (Phi) is 8.45. The summed E-state index contributed by atoms with van der Waals surface area (Å²) in [5.41, 5.74) is 15.8. The summed E-state index contributed by atoms with van der Waals surface area (Å²) in [4.78, 5) is 15.7. The fraction of sp³-hybridized carbons (Fsp3) is 0. The molecule has 0 amide bonds. The Morgan fingerprint density at radius 2 is 0.763 bits per heavy atom. The van der Waals surface area contributed by atoms with Crippen molar-refractivity contribution < 1.29 is 0 Å². The predicted molar refractivity (Wildman–Crippen MR) is 244 cm³/mol. The van der Waals surface area contributed by atoms with Gasteiger partial charge in [0, 0.05) is 44.1 Å². The van der Waals surface area contributed by atoms with Crippen LogP contribution in [0, 0.1) is 0 Å². The van der Waals surface area contributed by atoms with E-state index in [2.05, 4.69) is 211 Å². The first kappa shape index (κ1) is 34.3. The molecule has 0 radical (unpaired) electrons. The van der Waals surface area contributed by atoms with Crippen molar-refractivity contribution in [1.29, 1.82) is 0 Å². The summed E-state index contributed by atoms with van der Waals surface area (Å²) < 4.78 is 2.39. The SMILES string of the molecule is c1ccc(-c2ccc(-c3cc(-c4ccc(-c5ccccc5)cc4)nc(-c4ccc(-n5c6ccccc6c6c(-c7ccccc7)nc7ccccc7c65)cc4)n3)cc2)cc1. The molecule has 8 aromatic carbocycles. The van der Waals surface area contributed by atoms with Gasteiger partial charge in [-0.15, -0.1) is 0 Å². The number of rotatable bonds is 7. The molecule has 3 heterocycles.